The van der Waals surface area contributed by atoms with Crippen molar-refractivity contribution >= 4 is 38.9 Å². The normalized spacial score (nSPS) is 21.3. The minimum atomic E-state index is -3.92. The Balaban J connectivity index is 1.44. The molecule has 1 heterocycles. The number of anilines is 1. The molecule has 5 rings (SSSR count). The minimum Gasteiger partial charge on any atom is -0.395 e. The summed E-state index contributed by atoms with van der Waals surface area (Å²) in [6, 6.07) is 10.6. The van der Waals surface area contributed by atoms with E-state index in [4.69, 9.17) is 23.2 Å². The molecule has 0 fully saturated rings. The number of allylic oxidation sites excluding steroid dienone is 3. The second kappa shape index (κ2) is 9.84. The molecule has 0 amide bonds. The lowest BCUT2D eigenvalue weighted by atomic mass is 9.80. The van der Waals surface area contributed by atoms with Gasteiger partial charge in [-0.05, 0) is 72.9 Å². The fourth-order valence-corrected chi connectivity index (χ4v) is 7.60. The highest BCUT2D eigenvalue weighted by atomic mass is 35.5. The van der Waals surface area contributed by atoms with Crippen LogP contribution < -0.4 is 10.4 Å². The van der Waals surface area contributed by atoms with Crippen molar-refractivity contribution in [2.45, 2.75) is 24.7 Å². The summed E-state index contributed by atoms with van der Waals surface area (Å²) in [7, 11) is -3.92. The maximum absolute atomic E-state index is 13.5. The van der Waals surface area contributed by atoms with Crippen molar-refractivity contribution in [1.82, 2.24) is 9.73 Å². The van der Waals surface area contributed by atoms with Crippen LogP contribution >= 0.6 is 23.2 Å². The average Bonchev–Trinajstić information content (AvgIpc) is 3.44. The molecule has 2 aromatic carbocycles. The van der Waals surface area contributed by atoms with E-state index >= 15 is 0 Å². The average molecular weight is 550 g/mol. The zero-order valence-electron chi connectivity index (χ0n) is 19.6. The molecule has 10 heteroatoms. The number of benzene rings is 2. The summed E-state index contributed by atoms with van der Waals surface area (Å²) in [6.07, 6.45) is 5.74. The van der Waals surface area contributed by atoms with E-state index < -0.39 is 10.0 Å². The molecule has 0 unspecified atom stereocenters. The zero-order valence-corrected chi connectivity index (χ0v) is 21.9. The first-order chi connectivity index (χ1) is 17.2. The van der Waals surface area contributed by atoms with Crippen LogP contribution in [-0.2, 0) is 10.0 Å². The summed E-state index contributed by atoms with van der Waals surface area (Å²) in [5.74, 6) is -0.211. The van der Waals surface area contributed by atoms with Gasteiger partial charge in [0.1, 0.15) is 5.82 Å². The van der Waals surface area contributed by atoms with E-state index in [1.165, 1.54) is 45.8 Å². The van der Waals surface area contributed by atoms with Crippen LogP contribution in [0.25, 0.3) is 0 Å². The Hall–Kier alpha value is -2.36. The number of aliphatic hydroxyl groups is 1. The molecule has 190 valence electrons. The van der Waals surface area contributed by atoms with Gasteiger partial charge >= 0.3 is 0 Å². The SMILES string of the molecule is C[C@H]1C2=CNN(c3ccc(F)cc3)C2=CC2=C1[C@@H](CN(CCO)S(=O)(=O)c1cc(Cl)cc(Cl)c1)CC2. The number of halogens is 3. The van der Waals surface area contributed by atoms with E-state index in [9.17, 15) is 17.9 Å². The largest absolute Gasteiger partial charge is 0.395 e. The smallest absolute Gasteiger partial charge is 0.243 e. The molecule has 0 aromatic heterocycles. The summed E-state index contributed by atoms with van der Waals surface area (Å²) in [5.41, 5.74) is 8.64. The molecular formula is C26H26Cl2FN3O3S. The van der Waals surface area contributed by atoms with E-state index in [-0.39, 0.29) is 52.3 Å². The maximum Gasteiger partial charge on any atom is 0.243 e. The highest BCUT2D eigenvalue weighted by molar-refractivity contribution is 7.89. The molecule has 0 spiro atoms. The van der Waals surface area contributed by atoms with Crippen LogP contribution in [0.4, 0.5) is 10.1 Å². The van der Waals surface area contributed by atoms with Crippen molar-refractivity contribution in [3.05, 3.63) is 93.0 Å². The second-order valence-corrected chi connectivity index (χ2v) is 12.0. The fourth-order valence-electron chi connectivity index (χ4n) is 5.40. The molecule has 0 radical (unpaired) electrons. The van der Waals surface area contributed by atoms with Crippen molar-refractivity contribution in [2.24, 2.45) is 11.8 Å². The van der Waals surface area contributed by atoms with Crippen molar-refractivity contribution < 1.29 is 17.9 Å². The van der Waals surface area contributed by atoms with Gasteiger partial charge in [-0.3, -0.25) is 5.01 Å². The molecule has 2 N–H and O–H groups in total. The van der Waals surface area contributed by atoms with Gasteiger partial charge in [0.25, 0.3) is 0 Å². The van der Waals surface area contributed by atoms with Gasteiger partial charge in [0.2, 0.25) is 10.0 Å². The standard InChI is InChI=1S/C26H26Cl2FN3O3S/c1-16-24-14-30-32(22-6-4-21(29)5-7-22)25(24)10-17-2-3-18(26(16)17)15-31(8-9-33)36(34,35)23-12-19(27)11-20(28)13-23/h4-7,10-14,16,18,30,33H,2-3,8-9,15H2,1H3/t16-,18+/m0/s1. The van der Waals surface area contributed by atoms with Gasteiger partial charge in [-0.1, -0.05) is 35.7 Å². The van der Waals surface area contributed by atoms with Gasteiger partial charge in [0.05, 0.1) is 22.9 Å². The van der Waals surface area contributed by atoms with Crippen LogP contribution in [0.5, 0.6) is 0 Å². The first-order valence-electron chi connectivity index (χ1n) is 11.7. The number of hydrogen-bond acceptors (Lipinski definition) is 5. The Bertz CT molecular complexity index is 1370. The number of aliphatic hydroxyl groups excluding tert-OH is 1. The second-order valence-electron chi connectivity index (χ2n) is 9.20. The zero-order chi connectivity index (χ0) is 25.6. The predicted octanol–water partition coefficient (Wildman–Crippen LogP) is 5.26. The third-order valence-corrected chi connectivity index (χ3v) is 9.31. The summed E-state index contributed by atoms with van der Waals surface area (Å²) in [5, 5.41) is 12.1. The molecule has 3 aliphatic rings. The molecule has 2 aromatic rings. The first kappa shape index (κ1) is 25.3. The highest BCUT2D eigenvalue weighted by Crippen LogP contribution is 2.48. The van der Waals surface area contributed by atoms with Gasteiger partial charge in [-0.2, -0.15) is 4.31 Å². The molecule has 6 nitrogen and oxygen atoms in total. The molecule has 0 saturated carbocycles. The fraction of sp³-hybridized carbons (Fsp3) is 0.308. The topological polar surface area (TPSA) is 72.9 Å². The van der Waals surface area contributed by atoms with Crippen molar-refractivity contribution in [3.63, 3.8) is 0 Å². The van der Waals surface area contributed by atoms with Crippen LogP contribution in [-0.4, -0.2) is 37.5 Å². The van der Waals surface area contributed by atoms with Gasteiger partial charge in [-0.25, -0.2) is 12.8 Å². The van der Waals surface area contributed by atoms with Crippen molar-refractivity contribution in [3.8, 4) is 0 Å². The van der Waals surface area contributed by atoms with Crippen molar-refractivity contribution in [1.29, 1.82) is 0 Å². The Morgan fingerprint density at radius 3 is 2.53 bits per heavy atom. The summed E-state index contributed by atoms with van der Waals surface area (Å²) in [6.45, 7) is 2.06. The Morgan fingerprint density at radius 2 is 1.86 bits per heavy atom. The molecule has 36 heavy (non-hydrogen) atoms. The number of fused-ring (bicyclic) bond motifs is 1. The Morgan fingerprint density at radius 1 is 1.17 bits per heavy atom. The number of rotatable bonds is 7. The third-order valence-electron chi connectivity index (χ3n) is 7.03. The van der Waals surface area contributed by atoms with Crippen LogP contribution in [0, 0.1) is 17.7 Å². The quantitative estimate of drug-likeness (QED) is 0.492. The van der Waals surface area contributed by atoms with Gasteiger partial charge in [0, 0.05) is 40.8 Å². The lowest BCUT2D eigenvalue weighted by molar-refractivity contribution is 0.243. The third kappa shape index (κ3) is 4.57. The summed E-state index contributed by atoms with van der Waals surface area (Å²) >= 11 is 12.1. The molecule has 1 aliphatic heterocycles. The molecule has 0 bridgehead atoms. The van der Waals surface area contributed by atoms with E-state index in [1.54, 1.807) is 12.1 Å². The lowest BCUT2D eigenvalue weighted by Gasteiger charge is -2.32. The number of nitrogens with one attached hydrogen (secondary N) is 1. The Kier molecular flexibility index (Phi) is 6.91. The minimum absolute atomic E-state index is 0.00422. The first-order valence-corrected chi connectivity index (χ1v) is 13.9. The number of sulfonamides is 1. The van der Waals surface area contributed by atoms with E-state index in [2.05, 4.69) is 18.4 Å². The molecule has 0 saturated heterocycles. The summed E-state index contributed by atoms with van der Waals surface area (Å²) < 4.78 is 41.7. The van der Waals surface area contributed by atoms with Crippen LogP contribution in [0.2, 0.25) is 10.0 Å². The lowest BCUT2D eigenvalue weighted by Crippen LogP contribution is -2.38. The van der Waals surface area contributed by atoms with E-state index in [0.29, 0.717) is 0 Å². The number of hydrazine groups is 1. The van der Waals surface area contributed by atoms with Crippen LogP contribution in [0.15, 0.2) is 82.1 Å². The number of nitrogens with zero attached hydrogens (tertiary/aromatic N) is 2. The highest BCUT2D eigenvalue weighted by Gasteiger charge is 2.40. The number of hydrogen-bond donors (Lipinski definition) is 2. The van der Waals surface area contributed by atoms with Crippen LogP contribution in [0.1, 0.15) is 19.8 Å². The monoisotopic (exact) mass is 549 g/mol. The van der Waals surface area contributed by atoms with Crippen LogP contribution in [0.3, 0.4) is 0 Å². The van der Waals surface area contributed by atoms with Gasteiger partial charge in [0.15, 0.2) is 0 Å². The summed E-state index contributed by atoms with van der Waals surface area (Å²) in [4.78, 5) is 0.0113. The van der Waals surface area contributed by atoms with E-state index in [0.717, 1.165) is 29.8 Å². The predicted molar refractivity (Wildman–Crippen MR) is 139 cm³/mol. The maximum atomic E-state index is 13.5. The van der Waals surface area contributed by atoms with Gasteiger partial charge < -0.3 is 10.5 Å². The van der Waals surface area contributed by atoms with Crippen molar-refractivity contribution in [2.75, 3.05) is 24.7 Å². The molecular weight excluding hydrogens is 524 g/mol. The molecule has 2 aliphatic carbocycles. The molecule has 2 atom stereocenters. The Labute approximate surface area is 220 Å². The van der Waals surface area contributed by atoms with Gasteiger partial charge in [-0.15, -0.1) is 0 Å². The van der Waals surface area contributed by atoms with E-state index in [1.807, 2.05) is 11.2 Å².